The van der Waals surface area contributed by atoms with Crippen LogP contribution in [0.4, 0.5) is 10.5 Å². The summed E-state index contributed by atoms with van der Waals surface area (Å²) in [6.45, 7) is 4.40. The second-order valence-electron chi connectivity index (χ2n) is 5.62. The lowest BCUT2D eigenvalue weighted by Crippen LogP contribution is -2.28. The van der Waals surface area contributed by atoms with E-state index in [1.807, 2.05) is 25.1 Å². The topological polar surface area (TPSA) is 76.4 Å². The van der Waals surface area contributed by atoms with Crippen LogP contribution < -0.4 is 15.4 Å². The minimum Gasteiger partial charge on any atom is -0.467 e. The molecule has 0 fully saturated rings. The molecule has 0 unspecified atom stereocenters. The van der Waals surface area contributed by atoms with Crippen LogP contribution in [0.25, 0.3) is 0 Å². The number of pyridine rings is 1. The minimum atomic E-state index is -0.332. The Balaban J connectivity index is 1.54. The number of aromatic nitrogens is 1. The number of anilines is 1. The van der Waals surface area contributed by atoms with E-state index < -0.39 is 0 Å². The maximum Gasteiger partial charge on any atom is 0.319 e. The number of amides is 2. The number of benzene rings is 1. The standard InChI is InChI=1S/C19H19N3O3/c1-13-5-7-16(10-14(13)2)25-18-8-6-15(11-20-18)22-19(23)21-12-17-4-3-9-24-17/h3-11H,12H2,1-2H3,(H2,21,22,23). The van der Waals surface area contributed by atoms with Gasteiger partial charge in [-0.25, -0.2) is 9.78 Å². The molecule has 0 aliphatic rings. The third-order valence-corrected chi connectivity index (χ3v) is 3.70. The molecule has 128 valence electrons. The van der Waals surface area contributed by atoms with E-state index in [9.17, 15) is 4.79 Å². The summed E-state index contributed by atoms with van der Waals surface area (Å²) in [5.41, 5.74) is 2.94. The van der Waals surface area contributed by atoms with Crippen LogP contribution in [0.5, 0.6) is 11.6 Å². The van der Waals surface area contributed by atoms with E-state index >= 15 is 0 Å². The molecule has 1 aromatic carbocycles. The summed E-state index contributed by atoms with van der Waals surface area (Å²) in [7, 11) is 0. The van der Waals surface area contributed by atoms with Crippen molar-refractivity contribution >= 4 is 11.7 Å². The molecule has 0 radical (unpaired) electrons. The largest absolute Gasteiger partial charge is 0.467 e. The van der Waals surface area contributed by atoms with Crippen LogP contribution in [0, 0.1) is 13.8 Å². The molecule has 6 nitrogen and oxygen atoms in total. The number of carbonyl (C=O) groups excluding carboxylic acids is 1. The fourth-order valence-electron chi connectivity index (χ4n) is 2.17. The number of nitrogens with one attached hydrogen (secondary N) is 2. The molecule has 0 saturated heterocycles. The number of aryl methyl sites for hydroxylation is 2. The van der Waals surface area contributed by atoms with Gasteiger partial charge in [-0.2, -0.15) is 0 Å². The number of furan rings is 1. The first kappa shape index (κ1) is 16.6. The van der Waals surface area contributed by atoms with Gasteiger partial charge >= 0.3 is 6.03 Å². The third-order valence-electron chi connectivity index (χ3n) is 3.70. The number of hydrogen-bond acceptors (Lipinski definition) is 4. The highest BCUT2D eigenvalue weighted by atomic mass is 16.5. The molecule has 2 aromatic heterocycles. The summed E-state index contributed by atoms with van der Waals surface area (Å²) in [6.07, 6.45) is 3.11. The van der Waals surface area contributed by atoms with Crippen LogP contribution in [0.2, 0.25) is 0 Å². The Hall–Kier alpha value is -3.28. The van der Waals surface area contributed by atoms with Crippen molar-refractivity contribution in [2.45, 2.75) is 20.4 Å². The monoisotopic (exact) mass is 337 g/mol. The number of rotatable bonds is 5. The van der Waals surface area contributed by atoms with Crippen LogP contribution in [0.15, 0.2) is 59.3 Å². The van der Waals surface area contributed by atoms with E-state index in [4.69, 9.17) is 9.15 Å². The van der Waals surface area contributed by atoms with Crippen molar-refractivity contribution in [1.82, 2.24) is 10.3 Å². The predicted octanol–water partition coefficient (Wildman–Crippen LogP) is 4.41. The van der Waals surface area contributed by atoms with E-state index in [2.05, 4.69) is 22.5 Å². The molecule has 2 heterocycles. The lowest BCUT2D eigenvalue weighted by molar-refractivity contribution is 0.251. The van der Waals surface area contributed by atoms with E-state index in [-0.39, 0.29) is 6.03 Å². The van der Waals surface area contributed by atoms with Gasteiger partial charge in [0.2, 0.25) is 5.88 Å². The zero-order chi connectivity index (χ0) is 17.6. The van der Waals surface area contributed by atoms with Gasteiger partial charge in [0.15, 0.2) is 0 Å². The van der Waals surface area contributed by atoms with Crippen molar-refractivity contribution in [1.29, 1.82) is 0 Å². The van der Waals surface area contributed by atoms with Crippen molar-refractivity contribution < 1.29 is 13.9 Å². The molecule has 2 amide bonds. The van der Waals surface area contributed by atoms with Crippen molar-refractivity contribution in [2.75, 3.05) is 5.32 Å². The second-order valence-corrected chi connectivity index (χ2v) is 5.62. The third kappa shape index (κ3) is 4.60. The Morgan fingerprint density at radius 3 is 2.72 bits per heavy atom. The van der Waals surface area contributed by atoms with Gasteiger partial charge in [-0.3, -0.25) is 0 Å². The maximum atomic E-state index is 11.8. The Labute approximate surface area is 145 Å². The molecule has 3 rings (SSSR count). The zero-order valence-electron chi connectivity index (χ0n) is 14.1. The van der Waals surface area contributed by atoms with E-state index in [0.717, 1.165) is 11.3 Å². The lowest BCUT2D eigenvalue weighted by atomic mass is 10.1. The summed E-state index contributed by atoms with van der Waals surface area (Å²) in [5.74, 6) is 1.88. The zero-order valence-corrected chi connectivity index (χ0v) is 14.1. The second kappa shape index (κ2) is 7.53. The van der Waals surface area contributed by atoms with Gasteiger partial charge in [0.25, 0.3) is 0 Å². The predicted molar refractivity (Wildman–Crippen MR) is 94.8 cm³/mol. The fourth-order valence-corrected chi connectivity index (χ4v) is 2.17. The molecule has 3 aromatic rings. The van der Waals surface area contributed by atoms with E-state index in [0.29, 0.717) is 23.9 Å². The van der Waals surface area contributed by atoms with Crippen molar-refractivity contribution in [3.8, 4) is 11.6 Å². The molecule has 0 saturated carbocycles. The first-order valence-corrected chi connectivity index (χ1v) is 7.88. The van der Waals surface area contributed by atoms with Gasteiger partial charge < -0.3 is 19.8 Å². The first-order valence-electron chi connectivity index (χ1n) is 7.88. The SMILES string of the molecule is Cc1ccc(Oc2ccc(NC(=O)NCc3ccco3)cn2)cc1C. The van der Waals surface area contributed by atoms with Crippen molar-refractivity contribution in [2.24, 2.45) is 0 Å². The smallest absolute Gasteiger partial charge is 0.319 e. The maximum absolute atomic E-state index is 11.8. The molecular formula is C19H19N3O3. The molecule has 0 aliphatic heterocycles. The summed E-state index contributed by atoms with van der Waals surface area (Å²) in [5, 5.41) is 5.40. The fraction of sp³-hybridized carbons (Fsp3) is 0.158. The Bertz CT molecular complexity index is 843. The highest BCUT2D eigenvalue weighted by molar-refractivity contribution is 5.88. The minimum absolute atomic E-state index is 0.320. The van der Waals surface area contributed by atoms with Crippen LogP contribution in [0.1, 0.15) is 16.9 Å². The van der Waals surface area contributed by atoms with Crippen molar-refractivity contribution in [3.63, 3.8) is 0 Å². The van der Waals surface area contributed by atoms with Crippen LogP contribution in [-0.4, -0.2) is 11.0 Å². The summed E-state index contributed by atoms with van der Waals surface area (Å²) in [6, 6.07) is 12.5. The number of nitrogens with zero attached hydrogens (tertiary/aromatic N) is 1. The van der Waals surface area contributed by atoms with Gasteiger partial charge in [-0.15, -0.1) is 0 Å². The highest BCUT2D eigenvalue weighted by Gasteiger charge is 2.05. The summed E-state index contributed by atoms with van der Waals surface area (Å²) < 4.78 is 10.9. The molecule has 6 heteroatoms. The molecule has 0 spiro atoms. The highest BCUT2D eigenvalue weighted by Crippen LogP contribution is 2.22. The van der Waals surface area contributed by atoms with Gasteiger partial charge in [0, 0.05) is 6.07 Å². The molecule has 0 atom stereocenters. The summed E-state index contributed by atoms with van der Waals surface area (Å²) in [4.78, 5) is 16.0. The normalized spacial score (nSPS) is 10.3. The molecule has 0 aliphatic carbocycles. The van der Waals surface area contributed by atoms with Crippen LogP contribution in [0.3, 0.4) is 0 Å². The lowest BCUT2D eigenvalue weighted by Gasteiger charge is -2.09. The Morgan fingerprint density at radius 2 is 2.04 bits per heavy atom. The number of urea groups is 1. The van der Waals surface area contributed by atoms with E-state index in [1.165, 1.54) is 5.56 Å². The molecule has 2 N–H and O–H groups in total. The average molecular weight is 337 g/mol. The van der Waals surface area contributed by atoms with Gasteiger partial charge in [0.05, 0.1) is 24.7 Å². The number of ether oxygens (including phenoxy) is 1. The van der Waals surface area contributed by atoms with E-state index in [1.54, 1.807) is 36.7 Å². The van der Waals surface area contributed by atoms with Crippen LogP contribution in [-0.2, 0) is 6.54 Å². The molecule has 25 heavy (non-hydrogen) atoms. The molecular weight excluding hydrogens is 318 g/mol. The van der Waals surface area contributed by atoms with Gasteiger partial charge in [0.1, 0.15) is 11.5 Å². The quantitative estimate of drug-likeness (QED) is 0.723. The number of hydrogen-bond donors (Lipinski definition) is 2. The van der Waals surface area contributed by atoms with Gasteiger partial charge in [-0.05, 0) is 55.3 Å². The molecule has 0 bridgehead atoms. The van der Waals surface area contributed by atoms with Crippen molar-refractivity contribution in [3.05, 3.63) is 71.8 Å². The summed E-state index contributed by atoms with van der Waals surface area (Å²) >= 11 is 0. The Morgan fingerprint density at radius 1 is 1.16 bits per heavy atom. The van der Waals surface area contributed by atoms with Gasteiger partial charge in [-0.1, -0.05) is 6.07 Å². The first-order chi connectivity index (χ1) is 12.1. The average Bonchev–Trinajstić information content (AvgIpc) is 3.12. The Kier molecular flexibility index (Phi) is 4.99. The van der Waals surface area contributed by atoms with Crippen LogP contribution >= 0.6 is 0 Å². The number of carbonyl (C=O) groups is 1.